The Morgan fingerprint density at radius 3 is 2.72 bits per heavy atom. The molecule has 0 aromatic carbocycles. The number of nitrogens with one attached hydrogen (secondary N) is 1. The molecule has 0 amide bonds. The topological polar surface area (TPSA) is 63.2 Å². The monoisotopic (exact) mass is 473 g/mol. The van der Waals surface area contributed by atoms with Crippen LogP contribution in [0.1, 0.15) is 41.5 Å². The van der Waals surface area contributed by atoms with Gasteiger partial charge >= 0.3 is 0 Å². The maximum absolute atomic E-state index is 5.47. The minimum Gasteiger partial charge on any atom is -0.379 e. The van der Waals surface area contributed by atoms with Gasteiger partial charge in [-0.2, -0.15) is 0 Å². The van der Waals surface area contributed by atoms with Crippen LogP contribution in [0.3, 0.4) is 0 Å². The number of anilines is 1. The summed E-state index contributed by atoms with van der Waals surface area (Å²) in [7, 11) is 0. The van der Waals surface area contributed by atoms with Crippen LogP contribution in [0.25, 0.3) is 10.3 Å². The lowest BCUT2D eigenvalue weighted by Gasteiger charge is -2.38. The van der Waals surface area contributed by atoms with Crippen molar-refractivity contribution in [2.45, 2.75) is 48.6 Å². The number of ether oxygens (including phenoxy) is 1. The molecule has 2 aromatic rings. The largest absolute Gasteiger partial charge is 0.379 e. The van der Waals surface area contributed by atoms with Crippen molar-refractivity contribution in [3.63, 3.8) is 0 Å². The summed E-state index contributed by atoms with van der Waals surface area (Å²) in [5, 5.41) is 4.67. The lowest BCUT2D eigenvalue weighted by molar-refractivity contribution is 0.00790. The molecule has 0 radical (unpaired) electrons. The van der Waals surface area contributed by atoms with E-state index in [1.807, 2.05) is 6.20 Å². The summed E-state index contributed by atoms with van der Waals surface area (Å²) in [5.74, 6) is 0.749. The molecule has 1 unspecified atom stereocenters. The number of nitrogens with zero attached hydrogens (tertiary/aromatic N) is 4. The smallest absolute Gasteiger partial charge is 0.224 e. The van der Waals surface area contributed by atoms with E-state index < -0.39 is 0 Å². The third-order valence-electron chi connectivity index (χ3n) is 5.10. The molecule has 1 saturated carbocycles. The summed E-state index contributed by atoms with van der Waals surface area (Å²) in [6.07, 6.45) is 6.71. The number of thiazole rings is 1. The van der Waals surface area contributed by atoms with Gasteiger partial charge < -0.3 is 10.1 Å². The van der Waals surface area contributed by atoms with E-state index in [9.17, 15) is 0 Å². The lowest BCUT2D eigenvalue weighted by Crippen LogP contribution is -2.46. The van der Waals surface area contributed by atoms with E-state index in [0.29, 0.717) is 9.97 Å². The number of hydrogen-bond donors (Lipinski definition) is 1. The number of halogens is 1. The Morgan fingerprint density at radius 2 is 2.00 bits per heavy atom. The van der Waals surface area contributed by atoms with E-state index in [4.69, 9.17) is 4.74 Å². The summed E-state index contributed by atoms with van der Waals surface area (Å²) in [4.78, 5) is 17.4. The van der Waals surface area contributed by atoms with Crippen LogP contribution < -0.4 is 5.32 Å². The molecule has 1 atom stereocenters. The van der Waals surface area contributed by atoms with Gasteiger partial charge in [-0.25, -0.2) is 15.0 Å². The average Bonchev–Trinajstić information content (AvgIpc) is 3.07. The Labute approximate surface area is 165 Å². The van der Waals surface area contributed by atoms with Crippen LogP contribution in [0, 0.1) is 0 Å². The first kappa shape index (κ1) is 17.8. The predicted octanol–water partition coefficient (Wildman–Crippen LogP) is 3.64. The highest BCUT2D eigenvalue weighted by Gasteiger charge is 2.27. The Hall–Kier alpha value is -0.580. The zero-order valence-corrected chi connectivity index (χ0v) is 17.4. The summed E-state index contributed by atoms with van der Waals surface area (Å²) in [5.41, 5.74) is 0.907. The first-order chi connectivity index (χ1) is 12.2. The Kier molecular flexibility index (Phi) is 5.68. The first-order valence-electron chi connectivity index (χ1n) is 9.05. The zero-order valence-electron chi connectivity index (χ0n) is 14.4. The van der Waals surface area contributed by atoms with Crippen molar-refractivity contribution < 1.29 is 4.74 Å². The predicted molar refractivity (Wildman–Crippen MR) is 110 cm³/mol. The van der Waals surface area contributed by atoms with Crippen molar-refractivity contribution in [3.05, 3.63) is 11.2 Å². The van der Waals surface area contributed by atoms with Gasteiger partial charge in [0.1, 0.15) is 15.4 Å². The average molecular weight is 473 g/mol. The SMILES string of the molecule is CC(I)c1nc2cnc(NC3CCC(N4CCOCC4)CC3)nc2s1. The van der Waals surface area contributed by atoms with Crippen LogP contribution in [0.4, 0.5) is 5.95 Å². The van der Waals surface area contributed by atoms with Gasteiger partial charge in [0.2, 0.25) is 5.95 Å². The normalized spacial score (nSPS) is 26.6. The van der Waals surface area contributed by atoms with Crippen LogP contribution in [-0.4, -0.2) is 58.2 Å². The highest BCUT2D eigenvalue weighted by molar-refractivity contribution is 14.1. The summed E-state index contributed by atoms with van der Waals surface area (Å²) in [6, 6.07) is 1.20. The third-order valence-corrected chi connectivity index (χ3v) is 7.26. The molecule has 1 N–H and O–H groups in total. The van der Waals surface area contributed by atoms with Crippen molar-refractivity contribution in [3.8, 4) is 0 Å². The molecule has 4 rings (SSSR count). The summed E-state index contributed by atoms with van der Waals surface area (Å²) >= 11 is 4.06. The van der Waals surface area contributed by atoms with Crippen molar-refractivity contribution in [1.29, 1.82) is 0 Å². The molecule has 0 bridgehead atoms. The van der Waals surface area contributed by atoms with Gasteiger partial charge in [0.05, 0.1) is 23.3 Å². The molecular formula is C17H24IN5OS. The maximum atomic E-state index is 5.47. The number of fused-ring (bicyclic) bond motifs is 1. The summed E-state index contributed by atoms with van der Waals surface area (Å²) in [6.45, 7) is 6.10. The van der Waals surface area contributed by atoms with E-state index in [2.05, 4.69) is 54.7 Å². The van der Waals surface area contributed by atoms with Gasteiger partial charge in [-0.05, 0) is 32.6 Å². The van der Waals surface area contributed by atoms with Crippen LogP contribution in [0.2, 0.25) is 0 Å². The van der Waals surface area contributed by atoms with Crippen molar-refractivity contribution in [1.82, 2.24) is 19.9 Å². The van der Waals surface area contributed by atoms with Crippen molar-refractivity contribution in [2.24, 2.45) is 0 Å². The minimum atomic E-state index is 0.406. The van der Waals surface area contributed by atoms with E-state index in [-0.39, 0.29) is 0 Å². The number of alkyl halides is 1. The number of aromatic nitrogens is 3. The lowest BCUT2D eigenvalue weighted by atomic mass is 9.90. The van der Waals surface area contributed by atoms with Gasteiger partial charge in [-0.15, -0.1) is 0 Å². The third kappa shape index (κ3) is 4.23. The van der Waals surface area contributed by atoms with Gasteiger partial charge in [-0.3, -0.25) is 4.90 Å². The second-order valence-electron chi connectivity index (χ2n) is 6.85. The fourth-order valence-electron chi connectivity index (χ4n) is 3.70. The summed E-state index contributed by atoms with van der Waals surface area (Å²) < 4.78 is 5.87. The quantitative estimate of drug-likeness (QED) is 0.541. The van der Waals surface area contributed by atoms with E-state index >= 15 is 0 Å². The van der Waals surface area contributed by atoms with Gasteiger partial charge in [0, 0.05) is 25.2 Å². The Morgan fingerprint density at radius 1 is 1.24 bits per heavy atom. The van der Waals surface area contributed by atoms with Crippen LogP contribution in [0.15, 0.2) is 6.20 Å². The van der Waals surface area contributed by atoms with Gasteiger partial charge in [0.25, 0.3) is 0 Å². The highest BCUT2D eigenvalue weighted by Crippen LogP contribution is 2.30. The number of morpholine rings is 1. The van der Waals surface area contributed by atoms with E-state index in [1.54, 1.807) is 11.3 Å². The van der Waals surface area contributed by atoms with E-state index in [1.165, 1.54) is 25.7 Å². The standard InChI is InChI=1S/C17H24IN5OS/c1-11(18)15-21-14-10-19-17(22-16(14)25-15)20-12-2-4-13(5-3-12)23-6-8-24-9-7-23/h10-13H,2-9H2,1H3,(H,19,20,22). The number of rotatable bonds is 4. The van der Waals surface area contributed by atoms with Gasteiger partial charge in [-0.1, -0.05) is 33.9 Å². The second-order valence-corrected chi connectivity index (χ2v) is 9.73. The van der Waals surface area contributed by atoms with Gasteiger partial charge in [0.15, 0.2) is 0 Å². The molecule has 1 saturated heterocycles. The molecule has 2 aromatic heterocycles. The fraction of sp³-hybridized carbons (Fsp3) is 0.706. The molecule has 6 nitrogen and oxygen atoms in total. The molecule has 1 aliphatic heterocycles. The molecule has 3 heterocycles. The highest BCUT2D eigenvalue weighted by atomic mass is 127. The first-order valence-corrected chi connectivity index (χ1v) is 11.1. The van der Waals surface area contributed by atoms with Crippen molar-refractivity contribution >= 4 is 50.2 Å². The van der Waals surface area contributed by atoms with Crippen LogP contribution in [0.5, 0.6) is 0 Å². The second kappa shape index (κ2) is 7.98. The zero-order chi connectivity index (χ0) is 17.2. The molecule has 136 valence electrons. The number of hydrogen-bond acceptors (Lipinski definition) is 7. The van der Waals surface area contributed by atoms with Crippen molar-refractivity contribution in [2.75, 3.05) is 31.6 Å². The maximum Gasteiger partial charge on any atom is 0.224 e. The van der Waals surface area contributed by atoms with Crippen LogP contribution in [-0.2, 0) is 4.74 Å². The molecule has 25 heavy (non-hydrogen) atoms. The Bertz CT molecular complexity index is 710. The van der Waals surface area contributed by atoms with Crippen LogP contribution >= 0.6 is 33.9 Å². The molecule has 8 heteroatoms. The fourth-order valence-corrected chi connectivity index (χ4v) is 5.06. The Balaban J connectivity index is 1.35. The van der Waals surface area contributed by atoms with E-state index in [0.717, 1.165) is 53.6 Å². The molecule has 1 aliphatic carbocycles. The molecule has 2 aliphatic rings. The minimum absolute atomic E-state index is 0.406. The molecular weight excluding hydrogens is 449 g/mol. The molecule has 2 fully saturated rings. The molecule has 0 spiro atoms.